The van der Waals surface area contributed by atoms with Crippen molar-refractivity contribution < 1.29 is 141 Å². The van der Waals surface area contributed by atoms with Crippen LogP contribution in [-0.4, -0.2) is 35.0 Å². The second-order valence-corrected chi connectivity index (χ2v) is 11.2. The third-order valence-corrected chi connectivity index (χ3v) is 8.64. The fraction of sp³-hybridized carbons (Fsp3) is 0.294. The maximum atomic E-state index is 12.5. The second kappa shape index (κ2) is 18.6. The van der Waals surface area contributed by atoms with Crippen molar-refractivity contribution in [2.75, 3.05) is 0 Å². The van der Waals surface area contributed by atoms with E-state index in [9.17, 15) is 34.8 Å². The fourth-order valence-electron chi connectivity index (χ4n) is 6.29. The van der Waals surface area contributed by atoms with Crippen molar-refractivity contribution in [2.45, 2.75) is 53.4 Å². The molecule has 5 rings (SSSR count). The van der Waals surface area contributed by atoms with Gasteiger partial charge in [-0.15, -0.1) is 17.0 Å². The van der Waals surface area contributed by atoms with Crippen molar-refractivity contribution >= 4 is 46.7 Å². The predicted molar refractivity (Wildman–Crippen MR) is 159 cm³/mol. The van der Waals surface area contributed by atoms with Crippen LogP contribution in [0.25, 0.3) is 11.6 Å². The molecule has 2 atom stereocenters. The van der Waals surface area contributed by atoms with Gasteiger partial charge >= 0.3 is 106 Å². The molecule has 1 radical (unpaired) electrons. The zero-order valence-electron chi connectivity index (χ0n) is 28.5. The molecule has 0 saturated carbocycles. The average Bonchev–Trinajstić information content (AvgIpc) is 3.67. The molecule has 0 aliphatic carbocycles. The summed E-state index contributed by atoms with van der Waals surface area (Å²) in [6.45, 7) is 11.0. The van der Waals surface area contributed by atoms with E-state index in [4.69, 9.17) is 15.0 Å². The van der Waals surface area contributed by atoms with Crippen molar-refractivity contribution in [1.29, 1.82) is 0 Å². The van der Waals surface area contributed by atoms with E-state index < -0.39 is 36.2 Å². The molecule has 0 amide bonds. The molecule has 49 heavy (non-hydrogen) atoms. The Morgan fingerprint density at radius 1 is 0.959 bits per heavy atom. The van der Waals surface area contributed by atoms with E-state index in [1.165, 1.54) is 6.92 Å². The number of fused-ring (bicyclic) bond motifs is 5. The van der Waals surface area contributed by atoms with Gasteiger partial charge in [-0.3, -0.25) is 4.99 Å². The van der Waals surface area contributed by atoms with E-state index in [-0.39, 0.29) is 152 Å². The number of hydrogen-bond donors (Lipinski definition) is 0. The zero-order valence-corrected chi connectivity index (χ0v) is 35.5. The molecule has 0 fully saturated rings. The molecule has 4 aliphatic rings. The number of aliphatic imine (C=N–C) groups is 3. The molecule has 4 aliphatic heterocycles. The van der Waals surface area contributed by atoms with Crippen molar-refractivity contribution in [3.63, 3.8) is 0 Å². The summed E-state index contributed by atoms with van der Waals surface area (Å²) < 4.78 is 0. The first-order valence-corrected chi connectivity index (χ1v) is 14.5. The van der Waals surface area contributed by atoms with Gasteiger partial charge < -0.3 is 39.8 Å². The number of nitrogens with zero attached hydrogens (tertiary/aromatic N) is 4. The fourth-order valence-corrected chi connectivity index (χ4v) is 6.29. The summed E-state index contributed by atoms with van der Waals surface area (Å²) >= 11 is 0. The van der Waals surface area contributed by atoms with E-state index in [2.05, 4.69) is 11.6 Å². The quantitative estimate of drug-likeness (QED) is 0.185. The van der Waals surface area contributed by atoms with Crippen molar-refractivity contribution in [3.8, 4) is 0 Å². The molecule has 0 unspecified atom stereocenters. The van der Waals surface area contributed by atoms with Gasteiger partial charge in [0.25, 0.3) is 0 Å². The average molecular weight is 738 g/mol. The Labute approximate surface area is 360 Å². The topological polar surface area (TPSA) is 195 Å². The maximum absolute atomic E-state index is 12.5. The number of allylic oxidation sites excluding steroid dienone is 8. The van der Waals surface area contributed by atoms with Gasteiger partial charge in [-0.2, -0.15) is 0 Å². The summed E-state index contributed by atoms with van der Waals surface area (Å²) in [7, 11) is 0. The van der Waals surface area contributed by atoms with Crippen LogP contribution in [0.15, 0.2) is 85.4 Å². The van der Waals surface area contributed by atoms with Crippen molar-refractivity contribution in [2.24, 2.45) is 26.8 Å². The number of rotatable bonds is 8. The Balaban J connectivity index is 0.00000300. The Morgan fingerprint density at radius 3 is 2.18 bits per heavy atom. The molecular formula is C34H29CuN4Na3O7. The first-order chi connectivity index (χ1) is 21.4. The Morgan fingerprint density at radius 2 is 1.63 bits per heavy atom. The molecule has 1 aromatic rings. The van der Waals surface area contributed by atoms with Crippen LogP contribution in [0.5, 0.6) is 0 Å². The Kier molecular flexibility index (Phi) is 17.2. The van der Waals surface area contributed by atoms with Gasteiger partial charge in [0.05, 0.1) is 28.8 Å². The standard InChI is InChI=1S/C34H34N4O7.Cu.3Na/c1-6-18-15(3)23-11-24-16(4)20(8-9-29(40)41)32(37-24)21(10-30(42)43)33-31(34(44)45)17(5)25(38-33)12-27-19(7-2)22(14-39)28(36-27)13-26(18)35-23;;;;/h6,11-14,16,20H,1,7-10H2,2-5H3,(H5,35,36,37,38,39,40,41,42,43,44,45);;;;/q;+2;3*+1/p-5/t16-,20-;;;;/m0..../s1. The summed E-state index contributed by atoms with van der Waals surface area (Å²) in [6.07, 6.45) is 6.76. The normalized spacial score (nSPS) is 20.0. The van der Waals surface area contributed by atoms with Crippen LogP contribution in [0.1, 0.15) is 62.4 Å². The molecule has 5 heterocycles. The summed E-state index contributed by atoms with van der Waals surface area (Å²) in [5.41, 5.74) is 4.82. The Bertz CT molecular complexity index is 1980. The molecule has 0 N–H and O–H groups in total. The molecule has 1 aromatic heterocycles. The molecule has 11 nitrogen and oxygen atoms in total. The molecule has 15 heteroatoms. The minimum Gasteiger partial charge on any atom is -0.877 e. The molecule has 0 spiro atoms. The van der Waals surface area contributed by atoms with Gasteiger partial charge in [-0.05, 0) is 73.1 Å². The summed E-state index contributed by atoms with van der Waals surface area (Å²) in [4.78, 5) is 55.0. The number of carbonyl (C=O) groups excluding carboxylic acids is 3. The van der Waals surface area contributed by atoms with Crippen molar-refractivity contribution in [1.82, 2.24) is 4.98 Å². The molecule has 241 valence electrons. The zero-order chi connectivity index (χ0) is 32.7. The minimum absolute atomic E-state index is 0. The van der Waals surface area contributed by atoms with E-state index in [1.807, 2.05) is 20.8 Å². The van der Waals surface area contributed by atoms with E-state index in [0.717, 1.165) is 11.1 Å². The summed E-state index contributed by atoms with van der Waals surface area (Å²) in [5, 5.41) is 48.5. The number of aromatic nitrogens is 1. The van der Waals surface area contributed by atoms with E-state index >= 15 is 0 Å². The van der Waals surface area contributed by atoms with Gasteiger partial charge in [-0.1, -0.05) is 38.1 Å². The molecule has 0 aromatic carbocycles. The van der Waals surface area contributed by atoms with Gasteiger partial charge in [0, 0.05) is 47.2 Å². The summed E-state index contributed by atoms with van der Waals surface area (Å²) in [5.74, 6) is -5.40. The minimum atomic E-state index is -1.58. The number of carboxylic acids is 3. The van der Waals surface area contributed by atoms with E-state index in [1.54, 1.807) is 24.3 Å². The van der Waals surface area contributed by atoms with Crippen LogP contribution in [0, 0.1) is 18.8 Å². The maximum Gasteiger partial charge on any atom is 2.00 e. The largest absolute Gasteiger partial charge is 2.00 e. The SMILES string of the molecule is C=CC1=C(C)C2=NC1=CC1=NC(=C(CC)/C1=C\[O-])C=c1[n-]c(c(C(=O)[O-])c1C)=C(CC(=O)[O-])C1=NC(=C2)[C@@H](C)[C@@H]1CCC(=O)[O-].[Cu+2].[Na+].[Na+].[Na+]. The van der Waals surface area contributed by atoms with Crippen LogP contribution < -0.4 is 125 Å². The van der Waals surface area contributed by atoms with Gasteiger partial charge in [0.1, 0.15) is 0 Å². The second-order valence-electron chi connectivity index (χ2n) is 11.2. The van der Waals surface area contributed by atoms with Crippen LogP contribution in [0.2, 0.25) is 0 Å². The van der Waals surface area contributed by atoms with E-state index in [0.29, 0.717) is 52.3 Å². The predicted octanol–water partition coefficient (Wildman–Crippen LogP) is -10.3. The number of carbonyl (C=O) groups is 3. The smallest absolute Gasteiger partial charge is 0.877 e. The van der Waals surface area contributed by atoms with Crippen molar-refractivity contribution in [3.05, 3.63) is 92.3 Å². The number of hydrogen-bond acceptors (Lipinski definition) is 10. The first kappa shape index (κ1) is 45.2. The number of carboxylic acid groups (broad SMARTS) is 3. The third-order valence-electron chi connectivity index (χ3n) is 8.64. The van der Waals surface area contributed by atoms with Crippen LogP contribution >= 0.6 is 0 Å². The Hall–Kier alpha value is -1.80. The van der Waals surface area contributed by atoms with Crippen LogP contribution in [-0.2, 0) is 26.7 Å². The van der Waals surface area contributed by atoms with Crippen LogP contribution in [0.4, 0.5) is 0 Å². The van der Waals surface area contributed by atoms with Crippen LogP contribution in [0.3, 0.4) is 0 Å². The number of aliphatic carboxylic acids is 2. The van der Waals surface area contributed by atoms with Gasteiger partial charge in [0.2, 0.25) is 0 Å². The first-order valence-electron chi connectivity index (χ1n) is 14.5. The van der Waals surface area contributed by atoms with Gasteiger partial charge in [0.15, 0.2) is 0 Å². The summed E-state index contributed by atoms with van der Waals surface area (Å²) in [6, 6.07) is 0. The molecular weight excluding hydrogens is 709 g/mol. The number of aromatic carboxylic acids is 1. The molecule has 8 bridgehead atoms. The molecule has 0 saturated heterocycles. The third kappa shape index (κ3) is 8.81. The monoisotopic (exact) mass is 737 g/mol. The van der Waals surface area contributed by atoms with Gasteiger partial charge in [-0.25, -0.2) is 9.98 Å².